The Bertz CT molecular complexity index is 591. The minimum atomic E-state index is -1.19. The quantitative estimate of drug-likeness (QED) is 0.793. The monoisotopic (exact) mass is 217 g/mol. The summed E-state index contributed by atoms with van der Waals surface area (Å²) in [4.78, 5) is 11.8. The van der Waals surface area contributed by atoms with Gasteiger partial charge in [-0.1, -0.05) is 11.6 Å². The number of nitrogens with zero attached hydrogens (tertiary/aromatic N) is 1. The van der Waals surface area contributed by atoms with Gasteiger partial charge in [-0.25, -0.2) is 0 Å². The maximum atomic E-state index is 11.8. The van der Waals surface area contributed by atoms with Crippen molar-refractivity contribution in [2.24, 2.45) is 0 Å². The third-order valence-corrected chi connectivity index (χ3v) is 2.60. The molecule has 0 atom stereocenters. The molecule has 2 rings (SSSR count). The van der Waals surface area contributed by atoms with E-state index in [1.165, 1.54) is 10.6 Å². The topological polar surface area (TPSA) is 42.2 Å². The van der Waals surface area contributed by atoms with E-state index in [0.717, 1.165) is 16.5 Å². The highest BCUT2D eigenvalue weighted by Crippen LogP contribution is 2.19. The molecular formula is C13H15NO2. The standard InChI is InChI=1S/C13H15NO2/c1-9-4-6-11-10(8-9)5-7-12(15)14(11)13(2,3)16/h4-8,16H,1-3H3. The lowest BCUT2D eigenvalue weighted by molar-refractivity contribution is 0.00288. The Balaban J connectivity index is 2.91. The summed E-state index contributed by atoms with van der Waals surface area (Å²) in [7, 11) is 0. The highest BCUT2D eigenvalue weighted by atomic mass is 16.3. The first-order valence-corrected chi connectivity index (χ1v) is 5.25. The van der Waals surface area contributed by atoms with E-state index in [-0.39, 0.29) is 5.56 Å². The summed E-state index contributed by atoms with van der Waals surface area (Å²) in [6.07, 6.45) is 0. The molecule has 0 unspecified atom stereocenters. The molecule has 0 fully saturated rings. The van der Waals surface area contributed by atoms with Crippen molar-refractivity contribution in [3.63, 3.8) is 0 Å². The zero-order valence-electron chi connectivity index (χ0n) is 9.69. The number of hydrogen-bond donors (Lipinski definition) is 1. The molecule has 0 amide bonds. The van der Waals surface area contributed by atoms with Crippen molar-refractivity contribution >= 4 is 10.9 Å². The van der Waals surface area contributed by atoms with Crippen LogP contribution in [0.2, 0.25) is 0 Å². The van der Waals surface area contributed by atoms with Crippen molar-refractivity contribution in [1.82, 2.24) is 4.57 Å². The van der Waals surface area contributed by atoms with Crippen LogP contribution in [0.1, 0.15) is 19.4 Å². The fourth-order valence-electron chi connectivity index (χ4n) is 1.93. The van der Waals surface area contributed by atoms with Crippen LogP contribution < -0.4 is 5.56 Å². The van der Waals surface area contributed by atoms with E-state index < -0.39 is 5.72 Å². The first kappa shape index (κ1) is 10.9. The normalized spacial score (nSPS) is 12.0. The lowest BCUT2D eigenvalue weighted by Crippen LogP contribution is -2.35. The van der Waals surface area contributed by atoms with Gasteiger partial charge in [0.15, 0.2) is 0 Å². The van der Waals surface area contributed by atoms with Crippen LogP contribution in [0.3, 0.4) is 0 Å². The van der Waals surface area contributed by atoms with Crippen LogP contribution in [0.4, 0.5) is 0 Å². The number of aliphatic hydroxyl groups is 1. The molecular weight excluding hydrogens is 202 g/mol. The van der Waals surface area contributed by atoms with Crippen LogP contribution in [0.15, 0.2) is 35.1 Å². The number of aryl methyl sites for hydroxylation is 1. The SMILES string of the molecule is Cc1ccc2c(ccc(=O)n2C(C)(C)O)c1. The highest BCUT2D eigenvalue weighted by Gasteiger charge is 2.18. The molecule has 3 heteroatoms. The first-order chi connectivity index (χ1) is 7.39. The molecule has 0 aliphatic rings. The number of rotatable bonds is 1. The van der Waals surface area contributed by atoms with Crippen molar-refractivity contribution < 1.29 is 5.11 Å². The molecule has 0 bridgehead atoms. The number of benzene rings is 1. The number of hydrogen-bond acceptors (Lipinski definition) is 2. The predicted octanol–water partition coefficient (Wildman–Crippen LogP) is 1.99. The Morgan fingerprint density at radius 3 is 2.50 bits per heavy atom. The van der Waals surface area contributed by atoms with E-state index >= 15 is 0 Å². The van der Waals surface area contributed by atoms with Crippen molar-refractivity contribution in [3.8, 4) is 0 Å². The fraction of sp³-hybridized carbons (Fsp3) is 0.308. The highest BCUT2D eigenvalue weighted by molar-refractivity contribution is 5.79. The molecule has 16 heavy (non-hydrogen) atoms. The average Bonchev–Trinajstić information content (AvgIpc) is 2.16. The van der Waals surface area contributed by atoms with Crippen LogP contribution in [0.5, 0.6) is 0 Å². The molecule has 0 aliphatic heterocycles. The van der Waals surface area contributed by atoms with Gasteiger partial charge in [0.2, 0.25) is 0 Å². The molecule has 84 valence electrons. The second-order valence-electron chi connectivity index (χ2n) is 4.56. The van der Waals surface area contributed by atoms with Gasteiger partial charge < -0.3 is 5.11 Å². The minimum absolute atomic E-state index is 0.191. The van der Waals surface area contributed by atoms with Gasteiger partial charge in [-0.3, -0.25) is 9.36 Å². The van der Waals surface area contributed by atoms with Gasteiger partial charge in [-0.15, -0.1) is 0 Å². The summed E-state index contributed by atoms with van der Waals surface area (Å²) in [5.41, 5.74) is 0.508. The summed E-state index contributed by atoms with van der Waals surface area (Å²) in [6, 6.07) is 9.07. The third-order valence-electron chi connectivity index (χ3n) is 2.60. The average molecular weight is 217 g/mol. The molecule has 1 heterocycles. The van der Waals surface area contributed by atoms with Crippen LogP contribution >= 0.6 is 0 Å². The Morgan fingerprint density at radius 1 is 1.19 bits per heavy atom. The van der Waals surface area contributed by atoms with E-state index in [1.54, 1.807) is 19.9 Å². The minimum Gasteiger partial charge on any atom is -0.371 e. The smallest absolute Gasteiger partial charge is 0.253 e. The van der Waals surface area contributed by atoms with E-state index in [9.17, 15) is 9.90 Å². The largest absolute Gasteiger partial charge is 0.371 e. The summed E-state index contributed by atoms with van der Waals surface area (Å²) < 4.78 is 1.40. The van der Waals surface area contributed by atoms with Gasteiger partial charge in [0.1, 0.15) is 5.72 Å². The molecule has 0 radical (unpaired) electrons. The van der Waals surface area contributed by atoms with E-state index in [0.29, 0.717) is 0 Å². The van der Waals surface area contributed by atoms with Crippen LogP contribution in [-0.4, -0.2) is 9.67 Å². The molecule has 3 nitrogen and oxygen atoms in total. The number of aromatic nitrogens is 1. The second-order valence-corrected chi connectivity index (χ2v) is 4.56. The molecule has 1 aromatic carbocycles. The van der Waals surface area contributed by atoms with Gasteiger partial charge in [0.05, 0.1) is 5.52 Å². The Kier molecular flexibility index (Phi) is 2.35. The van der Waals surface area contributed by atoms with Crippen molar-refractivity contribution in [2.75, 3.05) is 0 Å². The molecule has 1 aromatic heterocycles. The number of fused-ring (bicyclic) bond motifs is 1. The second kappa shape index (κ2) is 3.46. The first-order valence-electron chi connectivity index (χ1n) is 5.25. The molecule has 0 saturated carbocycles. The Hall–Kier alpha value is -1.61. The summed E-state index contributed by atoms with van der Waals surface area (Å²) >= 11 is 0. The summed E-state index contributed by atoms with van der Waals surface area (Å²) in [5, 5.41) is 11.0. The van der Waals surface area contributed by atoms with Gasteiger partial charge in [0, 0.05) is 6.07 Å². The summed E-state index contributed by atoms with van der Waals surface area (Å²) in [6.45, 7) is 5.21. The molecule has 0 spiro atoms. The van der Waals surface area contributed by atoms with Gasteiger partial charge in [-0.05, 0) is 44.4 Å². The van der Waals surface area contributed by atoms with Crippen LogP contribution in [0, 0.1) is 6.92 Å². The van der Waals surface area contributed by atoms with Gasteiger partial charge in [-0.2, -0.15) is 0 Å². The van der Waals surface area contributed by atoms with E-state index in [1.807, 2.05) is 25.1 Å². The molecule has 0 aliphatic carbocycles. The maximum Gasteiger partial charge on any atom is 0.253 e. The zero-order valence-corrected chi connectivity index (χ0v) is 9.69. The molecule has 2 aromatic rings. The van der Waals surface area contributed by atoms with E-state index in [4.69, 9.17) is 0 Å². The predicted molar refractivity (Wildman–Crippen MR) is 64.5 cm³/mol. The lowest BCUT2D eigenvalue weighted by Gasteiger charge is -2.23. The van der Waals surface area contributed by atoms with Gasteiger partial charge >= 0.3 is 0 Å². The van der Waals surface area contributed by atoms with Crippen molar-refractivity contribution in [2.45, 2.75) is 26.5 Å². The molecule has 0 saturated heterocycles. The third kappa shape index (κ3) is 1.74. The fourth-order valence-corrected chi connectivity index (χ4v) is 1.93. The van der Waals surface area contributed by atoms with Crippen molar-refractivity contribution in [3.05, 3.63) is 46.2 Å². The Morgan fingerprint density at radius 2 is 1.88 bits per heavy atom. The van der Waals surface area contributed by atoms with Crippen LogP contribution in [0.25, 0.3) is 10.9 Å². The maximum absolute atomic E-state index is 11.8. The lowest BCUT2D eigenvalue weighted by atomic mass is 10.1. The summed E-state index contributed by atoms with van der Waals surface area (Å²) in [5.74, 6) is 0. The zero-order chi connectivity index (χ0) is 11.9. The Labute approximate surface area is 94.0 Å². The van der Waals surface area contributed by atoms with Crippen molar-refractivity contribution in [1.29, 1.82) is 0 Å². The molecule has 1 N–H and O–H groups in total. The number of pyridine rings is 1. The van der Waals surface area contributed by atoms with Crippen LogP contribution in [-0.2, 0) is 5.72 Å². The van der Waals surface area contributed by atoms with Gasteiger partial charge in [0.25, 0.3) is 5.56 Å². The van der Waals surface area contributed by atoms with E-state index in [2.05, 4.69) is 0 Å².